The van der Waals surface area contributed by atoms with Gasteiger partial charge in [-0.2, -0.15) is 0 Å². The standard InChI is InChI=1S/C24H34N4O4S/c1-14(2)31-23(29)27-17-8-6-16(7-9-17)22-26-13-21(33-22)19-11-10-18(12-20(19)25-5)28-24(30)32-15(3)4/h10-17,25H,6-9H2,1-5H3,(H,27,29)(H,28,30). The number of ether oxygens (including phenoxy) is 2. The van der Waals surface area contributed by atoms with Crippen LogP contribution in [0.15, 0.2) is 24.4 Å². The molecule has 1 fully saturated rings. The number of hydrogen-bond donors (Lipinski definition) is 3. The van der Waals surface area contributed by atoms with Gasteiger partial charge in [0.25, 0.3) is 0 Å². The lowest BCUT2D eigenvalue weighted by atomic mass is 9.86. The highest BCUT2D eigenvalue weighted by Crippen LogP contribution is 2.40. The van der Waals surface area contributed by atoms with Crippen molar-refractivity contribution in [3.63, 3.8) is 0 Å². The highest BCUT2D eigenvalue weighted by molar-refractivity contribution is 7.15. The van der Waals surface area contributed by atoms with Gasteiger partial charge in [-0.25, -0.2) is 14.6 Å². The van der Waals surface area contributed by atoms with E-state index in [-0.39, 0.29) is 24.3 Å². The summed E-state index contributed by atoms with van der Waals surface area (Å²) in [5, 5.41) is 10.1. The van der Waals surface area contributed by atoms with Gasteiger partial charge in [0.1, 0.15) is 0 Å². The lowest BCUT2D eigenvalue weighted by Crippen LogP contribution is -2.38. The molecule has 8 nitrogen and oxygen atoms in total. The molecule has 2 amide bonds. The van der Waals surface area contributed by atoms with Crippen molar-refractivity contribution in [3.8, 4) is 10.4 Å². The number of amides is 2. The van der Waals surface area contributed by atoms with Crippen molar-refractivity contribution in [1.82, 2.24) is 10.3 Å². The van der Waals surface area contributed by atoms with Crippen molar-refractivity contribution in [2.45, 2.75) is 77.5 Å². The van der Waals surface area contributed by atoms with Crippen molar-refractivity contribution in [2.75, 3.05) is 17.7 Å². The molecule has 1 aliphatic carbocycles. The summed E-state index contributed by atoms with van der Waals surface area (Å²) in [4.78, 5) is 29.5. The van der Waals surface area contributed by atoms with E-state index in [0.29, 0.717) is 11.6 Å². The molecule has 1 aromatic heterocycles. The van der Waals surface area contributed by atoms with Crippen molar-refractivity contribution in [3.05, 3.63) is 29.4 Å². The van der Waals surface area contributed by atoms with Gasteiger partial charge < -0.3 is 20.1 Å². The normalized spacial score (nSPS) is 18.2. The van der Waals surface area contributed by atoms with Gasteiger partial charge in [0, 0.05) is 42.1 Å². The van der Waals surface area contributed by atoms with E-state index >= 15 is 0 Å². The molecule has 3 N–H and O–H groups in total. The predicted octanol–water partition coefficient (Wildman–Crippen LogP) is 5.97. The van der Waals surface area contributed by atoms with Crippen LogP contribution in [-0.2, 0) is 9.47 Å². The highest BCUT2D eigenvalue weighted by Gasteiger charge is 2.26. The van der Waals surface area contributed by atoms with Gasteiger partial charge in [-0.15, -0.1) is 11.3 Å². The Hall–Kier alpha value is -2.81. The average molecular weight is 475 g/mol. The molecule has 0 bridgehead atoms. The second-order valence-electron chi connectivity index (χ2n) is 8.80. The summed E-state index contributed by atoms with van der Waals surface area (Å²) in [7, 11) is 1.86. The van der Waals surface area contributed by atoms with Crippen molar-refractivity contribution in [1.29, 1.82) is 0 Å². The number of rotatable bonds is 7. The maximum absolute atomic E-state index is 11.9. The molecule has 1 aliphatic rings. The molecule has 0 saturated heterocycles. The smallest absolute Gasteiger partial charge is 0.411 e. The third kappa shape index (κ3) is 7.08. The van der Waals surface area contributed by atoms with E-state index in [2.05, 4.69) is 16.0 Å². The van der Waals surface area contributed by atoms with Gasteiger partial charge >= 0.3 is 12.2 Å². The fraction of sp³-hybridized carbons (Fsp3) is 0.542. The average Bonchev–Trinajstić information content (AvgIpc) is 3.23. The molecular weight excluding hydrogens is 440 g/mol. The zero-order chi connectivity index (χ0) is 24.0. The summed E-state index contributed by atoms with van der Waals surface area (Å²) in [6, 6.07) is 5.90. The number of nitrogens with one attached hydrogen (secondary N) is 3. The maximum atomic E-state index is 11.9. The molecule has 1 heterocycles. The molecule has 180 valence electrons. The first-order valence-electron chi connectivity index (χ1n) is 11.5. The largest absolute Gasteiger partial charge is 0.447 e. The van der Waals surface area contributed by atoms with Crippen LogP contribution in [-0.4, -0.2) is 42.5 Å². The lowest BCUT2D eigenvalue weighted by molar-refractivity contribution is 0.109. The molecule has 2 aromatic rings. The minimum absolute atomic E-state index is 0.115. The third-order valence-electron chi connectivity index (χ3n) is 5.41. The second kappa shape index (κ2) is 11.4. The molecule has 33 heavy (non-hydrogen) atoms. The summed E-state index contributed by atoms with van der Waals surface area (Å²) >= 11 is 1.70. The fourth-order valence-corrected chi connectivity index (χ4v) is 5.03. The Kier molecular flexibility index (Phi) is 8.55. The van der Waals surface area contributed by atoms with Crippen LogP contribution in [0, 0.1) is 0 Å². The number of alkyl carbamates (subject to hydrolysis) is 1. The summed E-state index contributed by atoms with van der Waals surface area (Å²) in [5.41, 5.74) is 2.61. The van der Waals surface area contributed by atoms with Crippen LogP contribution < -0.4 is 16.0 Å². The quantitative estimate of drug-likeness (QED) is 0.457. The molecule has 9 heteroatoms. The Bertz CT molecular complexity index is 952. The van der Waals surface area contributed by atoms with Crippen LogP contribution in [0.5, 0.6) is 0 Å². The van der Waals surface area contributed by atoms with Gasteiger partial charge in [-0.3, -0.25) is 5.32 Å². The van der Waals surface area contributed by atoms with E-state index < -0.39 is 6.09 Å². The Morgan fingerprint density at radius 3 is 2.33 bits per heavy atom. The van der Waals surface area contributed by atoms with Crippen LogP contribution in [0.3, 0.4) is 0 Å². The molecule has 0 aliphatic heterocycles. The SMILES string of the molecule is CNc1cc(NC(=O)OC(C)C)ccc1-c1cnc(C2CCC(NC(=O)OC(C)C)CC2)s1. The summed E-state index contributed by atoms with van der Waals surface area (Å²) < 4.78 is 10.3. The summed E-state index contributed by atoms with van der Waals surface area (Å²) in [5.74, 6) is 0.396. The van der Waals surface area contributed by atoms with Gasteiger partial charge in [-0.1, -0.05) is 0 Å². The van der Waals surface area contributed by atoms with Crippen molar-refractivity contribution >= 4 is 34.9 Å². The van der Waals surface area contributed by atoms with Crippen LogP contribution in [0.4, 0.5) is 21.0 Å². The molecule has 1 aromatic carbocycles. The second-order valence-corrected chi connectivity index (χ2v) is 9.86. The highest BCUT2D eigenvalue weighted by atomic mass is 32.1. The fourth-order valence-electron chi connectivity index (χ4n) is 3.91. The van der Waals surface area contributed by atoms with E-state index in [4.69, 9.17) is 14.5 Å². The maximum Gasteiger partial charge on any atom is 0.411 e. The van der Waals surface area contributed by atoms with Gasteiger partial charge in [0.05, 0.1) is 22.1 Å². The first kappa shape index (κ1) is 24.8. The Balaban J connectivity index is 1.62. The van der Waals surface area contributed by atoms with E-state index in [1.165, 1.54) is 0 Å². The van der Waals surface area contributed by atoms with Gasteiger partial charge in [0.2, 0.25) is 0 Å². The number of nitrogens with zero attached hydrogens (tertiary/aromatic N) is 1. The van der Waals surface area contributed by atoms with Crippen LogP contribution in [0.2, 0.25) is 0 Å². The third-order valence-corrected chi connectivity index (χ3v) is 6.60. The monoisotopic (exact) mass is 474 g/mol. The van der Waals surface area contributed by atoms with Crippen molar-refractivity contribution < 1.29 is 19.1 Å². The van der Waals surface area contributed by atoms with Crippen LogP contribution in [0.25, 0.3) is 10.4 Å². The van der Waals surface area contributed by atoms with E-state index in [1.54, 1.807) is 11.3 Å². The summed E-state index contributed by atoms with van der Waals surface area (Å²) in [6.45, 7) is 7.32. The number of benzene rings is 1. The minimum atomic E-state index is -0.470. The van der Waals surface area contributed by atoms with E-state index in [1.807, 2.05) is 59.1 Å². The Labute approximate surface area is 199 Å². The first-order chi connectivity index (χ1) is 15.7. The molecule has 3 rings (SSSR count). The number of anilines is 2. The molecular formula is C24H34N4O4S. The first-order valence-corrected chi connectivity index (χ1v) is 12.3. The molecule has 1 saturated carbocycles. The molecule has 0 unspecified atom stereocenters. The number of thiazole rings is 1. The van der Waals surface area contributed by atoms with Crippen LogP contribution >= 0.6 is 11.3 Å². The Morgan fingerprint density at radius 2 is 1.70 bits per heavy atom. The summed E-state index contributed by atoms with van der Waals surface area (Å²) in [6.07, 6.45) is 4.63. The molecule has 0 atom stereocenters. The van der Waals surface area contributed by atoms with Crippen molar-refractivity contribution in [2.24, 2.45) is 0 Å². The lowest BCUT2D eigenvalue weighted by Gasteiger charge is -2.28. The van der Waals surface area contributed by atoms with E-state index in [0.717, 1.165) is 46.8 Å². The zero-order valence-corrected chi connectivity index (χ0v) is 20.8. The number of aromatic nitrogens is 1. The minimum Gasteiger partial charge on any atom is -0.447 e. The molecule has 0 spiro atoms. The number of carbonyl (C=O) groups is 2. The Morgan fingerprint density at radius 1 is 1.03 bits per heavy atom. The topological polar surface area (TPSA) is 102 Å². The van der Waals surface area contributed by atoms with Gasteiger partial charge in [0.15, 0.2) is 0 Å². The predicted molar refractivity (Wildman–Crippen MR) is 132 cm³/mol. The zero-order valence-electron chi connectivity index (χ0n) is 19.9. The van der Waals surface area contributed by atoms with Gasteiger partial charge in [-0.05, 0) is 71.6 Å². The number of hydrogen-bond acceptors (Lipinski definition) is 7. The molecule has 0 radical (unpaired) electrons. The van der Waals surface area contributed by atoms with Crippen LogP contribution in [0.1, 0.15) is 64.3 Å². The van der Waals surface area contributed by atoms with E-state index in [9.17, 15) is 9.59 Å². The number of carbonyl (C=O) groups excluding carboxylic acids is 2.